The van der Waals surface area contributed by atoms with Crippen molar-refractivity contribution in [2.45, 2.75) is 6.92 Å². The van der Waals surface area contributed by atoms with Crippen LogP contribution >= 0.6 is 59.4 Å². The first-order valence-electron chi connectivity index (χ1n) is 6.84. The number of nitrogens with one attached hydrogen (secondary N) is 1. The lowest BCUT2D eigenvalue weighted by Gasteiger charge is -2.12. The highest BCUT2D eigenvalue weighted by atomic mass is 79.9. The average molecular weight is 557 g/mol. The van der Waals surface area contributed by atoms with Crippen molar-refractivity contribution in [2.75, 3.05) is 6.61 Å². The van der Waals surface area contributed by atoms with E-state index in [1.165, 1.54) is 12.1 Å². The number of amides is 1. The van der Waals surface area contributed by atoms with E-state index < -0.39 is 5.91 Å². The maximum Gasteiger partial charge on any atom is 0.277 e. The highest BCUT2D eigenvalue weighted by Crippen LogP contribution is 2.42. The number of hydrazone groups is 1. The Morgan fingerprint density at radius 1 is 1.24 bits per heavy atom. The summed E-state index contributed by atoms with van der Waals surface area (Å²) in [6.07, 6.45) is 0. The van der Waals surface area contributed by atoms with Crippen LogP contribution in [0.1, 0.15) is 12.5 Å². The molecule has 25 heavy (non-hydrogen) atoms. The summed E-state index contributed by atoms with van der Waals surface area (Å²) in [7, 11) is 0. The maximum absolute atomic E-state index is 12.9. The summed E-state index contributed by atoms with van der Waals surface area (Å²) in [5.74, 6) is -0.375. The van der Waals surface area contributed by atoms with Crippen molar-refractivity contribution >= 4 is 71.0 Å². The fourth-order valence-corrected chi connectivity index (χ4v) is 4.24. The Balaban J connectivity index is 1.98. The molecule has 9 heteroatoms. The number of halogens is 5. The van der Waals surface area contributed by atoms with E-state index in [9.17, 15) is 9.18 Å². The Morgan fingerprint density at radius 3 is 2.52 bits per heavy atom. The molecule has 0 unspecified atom stereocenters. The van der Waals surface area contributed by atoms with E-state index in [0.717, 1.165) is 0 Å². The number of rotatable bonds is 5. The molecule has 0 saturated heterocycles. The van der Waals surface area contributed by atoms with Gasteiger partial charge in [-0.25, -0.2) is 9.82 Å². The van der Waals surface area contributed by atoms with Crippen molar-refractivity contribution in [3.8, 4) is 5.75 Å². The third-order valence-corrected chi connectivity index (χ3v) is 5.85. The van der Waals surface area contributed by atoms with Gasteiger partial charge in [0.2, 0.25) is 0 Å². The van der Waals surface area contributed by atoms with Crippen LogP contribution in [0.25, 0.3) is 0 Å². The van der Waals surface area contributed by atoms with E-state index in [2.05, 4.69) is 58.3 Å². The highest BCUT2D eigenvalue weighted by Gasteiger charge is 2.15. The molecule has 0 bridgehead atoms. The van der Waals surface area contributed by atoms with E-state index >= 15 is 0 Å². The third kappa shape index (κ3) is 5.51. The van der Waals surface area contributed by atoms with Gasteiger partial charge in [0.05, 0.1) is 19.7 Å². The molecule has 132 valence electrons. The van der Waals surface area contributed by atoms with Crippen LogP contribution < -0.4 is 10.2 Å². The molecule has 0 heterocycles. The van der Waals surface area contributed by atoms with Gasteiger partial charge in [-0.2, -0.15) is 5.10 Å². The van der Waals surface area contributed by atoms with Crippen LogP contribution in [0.4, 0.5) is 4.39 Å². The number of hydrogen-bond acceptors (Lipinski definition) is 3. The first kappa shape index (κ1) is 20.4. The zero-order chi connectivity index (χ0) is 18.6. The Morgan fingerprint density at radius 2 is 1.88 bits per heavy atom. The summed E-state index contributed by atoms with van der Waals surface area (Å²) in [5, 5.41) is 4.40. The van der Waals surface area contributed by atoms with Gasteiger partial charge in [0.15, 0.2) is 6.61 Å². The summed E-state index contributed by atoms with van der Waals surface area (Å²) in [4.78, 5) is 11.9. The van der Waals surface area contributed by atoms with Gasteiger partial charge >= 0.3 is 0 Å². The summed E-state index contributed by atoms with van der Waals surface area (Å²) in [5.41, 5.74) is 3.63. The van der Waals surface area contributed by atoms with Gasteiger partial charge < -0.3 is 4.74 Å². The average Bonchev–Trinajstić information content (AvgIpc) is 2.58. The second kappa shape index (κ2) is 9.12. The summed E-state index contributed by atoms with van der Waals surface area (Å²) in [6.45, 7) is 1.45. The molecule has 0 atom stereocenters. The SMILES string of the molecule is C/C(=N/NC(=O)COc1c(Br)cc(Br)c(Cl)c1Br)c1ccc(F)cc1. The van der Waals surface area contributed by atoms with Crippen LogP contribution in [0, 0.1) is 5.82 Å². The quantitative estimate of drug-likeness (QED) is 0.223. The molecule has 1 amide bonds. The predicted octanol–water partition coefficient (Wildman–Crippen LogP) is 5.69. The molecule has 0 spiro atoms. The first-order valence-corrected chi connectivity index (χ1v) is 9.60. The van der Waals surface area contributed by atoms with Crippen molar-refractivity contribution in [2.24, 2.45) is 5.10 Å². The molecule has 4 nitrogen and oxygen atoms in total. The molecule has 0 saturated carbocycles. The Bertz CT molecular complexity index is 829. The minimum atomic E-state index is -0.445. The van der Waals surface area contributed by atoms with E-state index in [4.69, 9.17) is 16.3 Å². The first-order chi connectivity index (χ1) is 11.8. The fraction of sp³-hybridized carbons (Fsp3) is 0.125. The summed E-state index contributed by atoms with van der Waals surface area (Å²) in [6, 6.07) is 7.53. The molecule has 0 aromatic heterocycles. The predicted molar refractivity (Wildman–Crippen MR) is 107 cm³/mol. The molecule has 0 aliphatic carbocycles. The number of benzene rings is 2. The van der Waals surface area contributed by atoms with Crippen LogP contribution in [0.2, 0.25) is 5.02 Å². The normalized spacial score (nSPS) is 11.4. The lowest BCUT2D eigenvalue weighted by Crippen LogP contribution is -2.25. The largest absolute Gasteiger partial charge is 0.481 e. The molecule has 0 aliphatic heterocycles. The Labute approximate surface area is 174 Å². The van der Waals surface area contributed by atoms with Crippen molar-refractivity contribution in [3.63, 3.8) is 0 Å². The standard InChI is InChI=1S/C16H11Br3ClFN2O2/c1-8(9-2-4-10(21)5-3-9)22-23-13(24)7-25-16-12(18)6-11(17)15(20)14(16)19/h2-6H,7H2,1H3,(H,23,24)/b22-8-. The number of nitrogens with zero attached hydrogens (tertiary/aromatic N) is 1. The second-order valence-electron chi connectivity index (χ2n) is 4.83. The van der Waals surface area contributed by atoms with Crippen LogP contribution in [-0.4, -0.2) is 18.2 Å². The molecule has 2 aromatic rings. The number of hydrogen-bond donors (Lipinski definition) is 1. The van der Waals surface area contributed by atoms with Crippen LogP contribution in [0.3, 0.4) is 0 Å². The monoisotopic (exact) mass is 554 g/mol. The molecule has 2 aromatic carbocycles. The molecule has 1 N–H and O–H groups in total. The topological polar surface area (TPSA) is 50.7 Å². The minimum Gasteiger partial charge on any atom is -0.481 e. The van der Waals surface area contributed by atoms with Crippen LogP contribution in [0.5, 0.6) is 5.75 Å². The van der Waals surface area contributed by atoms with Gasteiger partial charge in [-0.3, -0.25) is 4.79 Å². The van der Waals surface area contributed by atoms with Gasteiger partial charge in [0.1, 0.15) is 11.6 Å². The van der Waals surface area contributed by atoms with Crippen molar-refractivity contribution in [1.82, 2.24) is 5.43 Å². The molecular weight excluding hydrogens is 546 g/mol. The molecule has 2 rings (SSSR count). The zero-order valence-corrected chi connectivity index (χ0v) is 18.3. The van der Waals surface area contributed by atoms with E-state index in [1.54, 1.807) is 25.1 Å². The van der Waals surface area contributed by atoms with Gasteiger partial charge in [-0.1, -0.05) is 23.7 Å². The van der Waals surface area contributed by atoms with Crippen LogP contribution in [-0.2, 0) is 4.79 Å². The van der Waals surface area contributed by atoms with E-state index in [1.807, 2.05) is 0 Å². The highest BCUT2D eigenvalue weighted by molar-refractivity contribution is 9.11. The van der Waals surface area contributed by atoms with Crippen molar-refractivity contribution in [1.29, 1.82) is 0 Å². The van der Waals surface area contributed by atoms with E-state index in [0.29, 0.717) is 35.5 Å². The molecular formula is C16H11Br3ClFN2O2. The zero-order valence-electron chi connectivity index (χ0n) is 12.7. The lowest BCUT2D eigenvalue weighted by molar-refractivity contribution is -0.123. The number of ether oxygens (including phenoxy) is 1. The lowest BCUT2D eigenvalue weighted by atomic mass is 10.1. The van der Waals surface area contributed by atoms with Gasteiger partial charge in [0, 0.05) is 4.47 Å². The number of carbonyl (C=O) groups is 1. The van der Waals surface area contributed by atoms with Gasteiger partial charge in [-0.15, -0.1) is 0 Å². The maximum atomic E-state index is 12.9. The molecule has 0 fully saturated rings. The Kier molecular flexibility index (Phi) is 7.42. The van der Waals surface area contributed by atoms with Crippen molar-refractivity contribution in [3.05, 3.63) is 60.2 Å². The minimum absolute atomic E-state index is 0.255. The fourth-order valence-electron chi connectivity index (χ4n) is 1.75. The smallest absolute Gasteiger partial charge is 0.277 e. The molecule has 0 aliphatic rings. The molecule has 0 radical (unpaired) electrons. The summed E-state index contributed by atoms with van der Waals surface area (Å²) >= 11 is 16.1. The second-order valence-corrected chi connectivity index (χ2v) is 7.70. The van der Waals surface area contributed by atoms with Crippen molar-refractivity contribution < 1.29 is 13.9 Å². The summed E-state index contributed by atoms with van der Waals surface area (Å²) < 4.78 is 20.2. The van der Waals surface area contributed by atoms with Gasteiger partial charge in [-0.05, 0) is 78.5 Å². The van der Waals surface area contributed by atoms with E-state index in [-0.39, 0.29) is 12.4 Å². The third-order valence-electron chi connectivity index (χ3n) is 3.03. The van der Waals surface area contributed by atoms with Gasteiger partial charge in [0.25, 0.3) is 5.91 Å². The number of carbonyl (C=O) groups excluding carboxylic acids is 1. The van der Waals surface area contributed by atoms with Crippen LogP contribution in [0.15, 0.2) is 48.9 Å². The Hall–Kier alpha value is -0.960.